The summed E-state index contributed by atoms with van der Waals surface area (Å²) >= 11 is 8.24. The second kappa shape index (κ2) is 14.5. The zero-order valence-electron chi connectivity index (χ0n) is 32.1. The van der Waals surface area contributed by atoms with Gasteiger partial charge in [0.1, 0.15) is 0 Å². The molecule has 0 bridgehead atoms. The monoisotopic (exact) mass is 838 g/mol. The van der Waals surface area contributed by atoms with Crippen molar-refractivity contribution in [1.82, 2.24) is 0 Å². The summed E-state index contributed by atoms with van der Waals surface area (Å²) in [5.74, 6) is 0.291. The molecule has 0 spiro atoms. The minimum absolute atomic E-state index is 0. The Kier molecular flexibility index (Phi) is 11.9. The van der Waals surface area contributed by atoms with Gasteiger partial charge in [-0.15, -0.1) is 24.8 Å². The standard InChI is InChI=1S/C21H25.C12H19.2C6H4Cl.CH2.2ClH.Zr/c1-20(2,3)16-9-7-14-11-15-8-10-17(21(4,5)6)13-19(15)18(14)12-16;1-5-6-10-7-8-11(9-10)12(2,3)4;2*7-6-4-2-1-3-5-6;;;;/h7,9-10,12-13H,11H2,1-6H3;8-10H,5-6H2,1-4H3;2*2-5H;1H2;2*1H;. The van der Waals surface area contributed by atoms with Gasteiger partial charge in [0.25, 0.3) is 0 Å². The maximum absolute atomic E-state index is 6.69. The Bertz CT molecular complexity index is 2010. The predicted octanol–water partition coefficient (Wildman–Crippen LogP) is 12.7. The van der Waals surface area contributed by atoms with Crippen LogP contribution in [0.4, 0.5) is 0 Å². The van der Waals surface area contributed by atoms with Crippen molar-refractivity contribution in [3.63, 3.8) is 0 Å². The van der Waals surface area contributed by atoms with Gasteiger partial charge >= 0.3 is 309 Å². The normalized spacial score (nSPS) is 16.1. The first-order valence-corrected chi connectivity index (χ1v) is 25.5. The fourth-order valence-electron chi connectivity index (χ4n) is 8.48. The van der Waals surface area contributed by atoms with Crippen LogP contribution in [0, 0.1) is 11.3 Å². The third kappa shape index (κ3) is 7.15. The van der Waals surface area contributed by atoms with Crippen molar-refractivity contribution >= 4 is 62.0 Å². The summed E-state index contributed by atoms with van der Waals surface area (Å²) in [4.78, 5) is 0. The first-order chi connectivity index (χ1) is 22.8. The van der Waals surface area contributed by atoms with Crippen molar-refractivity contribution in [2.45, 2.75) is 99.3 Å². The maximum atomic E-state index is 6.69. The van der Waals surface area contributed by atoms with Gasteiger partial charge in [-0.1, -0.05) is 0 Å². The quantitative estimate of drug-likeness (QED) is 0.160. The SMILES string of the molecule is Cl.Cl.[CH2]=[Zr]([C]1=CC(C(C)(C)C)=CC1CCC)([c]1ccc(Cl)cc1)([c]1ccc(Cl)cc1)[c]1cc(C(C)(C)C)cc2c1Cc1ccc(C(C)(C)C)cc1-2. The number of hydrogen-bond donors (Lipinski definition) is 0. The first kappa shape index (κ1) is 42.0. The van der Waals surface area contributed by atoms with Crippen LogP contribution in [-0.4, -0.2) is 4.21 Å². The Hall–Kier alpha value is -1.73. The van der Waals surface area contributed by atoms with Crippen LogP contribution in [0.5, 0.6) is 0 Å². The minimum atomic E-state index is -5.14. The molecule has 272 valence electrons. The number of fused-ring (bicyclic) bond motifs is 3. The number of hydrogen-bond acceptors (Lipinski definition) is 0. The van der Waals surface area contributed by atoms with Gasteiger partial charge in [-0.2, -0.15) is 0 Å². The van der Waals surface area contributed by atoms with Crippen LogP contribution in [0.15, 0.2) is 99.9 Å². The molecule has 2 aliphatic rings. The molecule has 2 aliphatic carbocycles. The summed E-state index contributed by atoms with van der Waals surface area (Å²) in [7, 11) is 0. The molecular formula is C46H56Cl4Zr. The van der Waals surface area contributed by atoms with E-state index < -0.39 is 18.3 Å². The van der Waals surface area contributed by atoms with Crippen molar-refractivity contribution < 1.29 is 18.3 Å². The van der Waals surface area contributed by atoms with Gasteiger partial charge in [-0.05, 0) is 0 Å². The molecule has 0 radical (unpaired) electrons. The molecule has 0 nitrogen and oxygen atoms in total. The molecule has 0 amide bonds. The van der Waals surface area contributed by atoms with Gasteiger partial charge in [-0.25, -0.2) is 0 Å². The molecule has 0 saturated heterocycles. The average molecular weight is 842 g/mol. The fourth-order valence-corrected chi connectivity index (χ4v) is 25.0. The van der Waals surface area contributed by atoms with Crippen molar-refractivity contribution in [3.05, 3.63) is 132 Å². The fraction of sp³-hybridized carbons (Fsp3) is 0.370. The summed E-state index contributed by atoms with van der Waals surface area (Å²) < 4.78 is 11.5. The van der Waals surface area contributed by atoms with Gasteiger partial charge in [-0.3, -0.25) is 0 Å². The van der Waals surface area contributed by atoms with E-state index in [0.717, 1.165) is 29.3 Å². The average Bonchev–Trinajstić information content (AvgIpc) is 3.62. The summed E-state index contributed by atoms with van der Waals surface area (Å²) in [5.41, 5.74) is 9.76. The topological polar surface area (TPSA) is 0 Å². The number of rotatable bonds is 6. The van der Waals surface area contributed by atoms with Crippen LogP contribution in [0.3, 0.4) is 0 Å². The molecule has 6 rings (SSSR count). The van der Waals surface area contributed by atoms with E-state index in [0.29, 0.717) is 5.92 Å². The second-order valence-corrected chi connectivity index (χ2v) is 31.6. The van der Waals surface area contributed by atoms with Gasteiger partial charge in [0.15, 0.2) is 0 Å². The molecular weight excluding hydrogens is 786 g/mol. The van der Waals surface area contributed by atoms with Crippen molar-refractivity contribution in [2.75, 3.05) is 0 Å². The van der Waals surface area contributed by atoms with Crippen LogP contribution in [0.2, 0.25) is 10.0 Å². The number of halogens is 4. The third-order valence-electron chi connectivity index (χ3n) is 11.5. The van der Waals surface area contributed by atoms with Crippen LogP contribution in [0.25, 0.3) is 11.1 Å². The van der Waals surface area contributed by atoms with E-state index in [1.807, 2.05) is 0 Å². The van der Waals surface area contributed by atoms with E-state index in [2.05, 4.69) is 160 Å². The van der Waals surface area contributed by atoms with E-state index in [1.54, 1.807) is 0 Å². The number of allylic oxidation sites excluding steroid dienone is 4. The van der Waals surface area contributed by atoms with Gasteiger partial charge in [0.2, 0.25) is 0 Å². The molecule has 0 aromatic heterocycles. The van der Waals surface area contributed by atoms with Crippen molar-refractivity contribution in [3.8, 4) is 11.1 Å². The molecule has 0 saturated carbocycles. The van der Waals surface area contributed by atoms with E-state index in [1.165, 1.54) is 52.0 Å². The molecule has 1 atom stereocenters. The Morgan fingerprint density at radius 3 is 1.65 bits per heavy atom. The van der Waals surface area contributed by atoms with Gasteiger partial charge in [0, 0.05) is 0 Å². The molecule has 0 aliphatic heterocycles. The van der Waals surface area contributed by atoms with Crippen LogP contribution in [-0.2, 0) is 35.5 Å². The van der Waals surface area contributed by atoms with Gasteiger partial charge < -0.3 is 0 Å². The van der Waals surface area contributed by atoms with E-state index in [-0.39, 0.29) is 41.1 Å². The van der Waals surface area contributed by atoms with E-state index in [9.17, 15) is 0 Å². The van der Waals surface area contributed by atoms with E-state index >= 15 is 0 Å². The molecule has 51 heavy (non-hydrogen) atoms. The zero-order chi connectivity index (χ0) is 35.8. The Morgan fingerprint density at radius 1 is 0.667 bits per heavy atom. The molecule has 1 unspecified atom stereocenters. The third-order valence-corrected chi connectivity index (χ3v) is 28.3. The predicted molar refractivity (Wildman–Crippen MR) is 230 cm³/mol. The Labute approximate surface area is 331 Å². The van der Waals surface area contributed by atoms with Crippen LogP contribution >= 0.6 is 48.0 Å². The molecule has 0 heterocycles. The zero-order valence-corrected chi connectivity index (χ0v) is 37.7. The summed E-state index contributed by atoms with van der Waals surface area (Å²) in [6, 6.07) is 29.9. The molecule has 0 fully saturated rings. The number of benzene rings is 4. The second-order valence-electron chi connectivity index (χ2n) is 17.9. The van der Waals surface area contributed by atoms with Crippen LogP contribution < -0.4 is 9.81 Å². The summed E-state index contributed by atoms with van der Waals surface area (Å²) in [6.07, 6.45) is 8.27. The van der Waals surface area contributed by atoms with Crippen molar-refractivity contribution in [2.24, 2.45) is 11.3 Å². The Balaban J connectivity index is 0.00000292. The molecule has 4 aromatic rings. The molecule has 5 heteroatoms. The van der Waals surface area contributed by atoms with Crippen LogP contribution in [0.1, 0.15) is 104 Å². The summed E-state index contributed by atoms with van der Waals surface area (Å²) in [5, 5.41) is 1.50. The van der Waals surface area contributed by atoms with Crippen molar-refractivity contribution in [1.29, 1.82) is 0 Å². The van der Waals surface area contributed by atoms with E-state index in [4.69, 9.17) is 27.4 Å². The Morgan fingerprint density at radius 2 is 1.18 bits per heavy atom. The van der Waals surface area contributed by atoms with Gasteiger partial charge in [0.05, 0.1) is 0 Å². The molecule has 0 N–H and O–H groups in total. The first-order valence-electron chi connectivity index (χ1n) is 18.1. The molecule has 4 aromatic carbocycles. The summed E-state index contributed by atoms with van der Waals surface area (Å²) in [6.45, 7) is 23.4.